The molecule has 1 aliphatic rings. The molecule has 1 aliphatic carbocycles. The minimum Gasteiger partial charge on any atom is -0.348 e. The van der Waals surface area contributed by atoms with Crippen molar-refractivity contribution in [3.8, 4) is 0 Å². The van der Waals surface area contributed by atoms with Crippen molar-refractivity contribution in [3.63, 3.8) is 0 Å². The SMILES string of the molecule is CC1CCCCCC1NC(=O)c1cnc(NN)cn1. The fourth-order valence-electron chi connectivity index (χ4n) is 2.47. The third kappa shape index (κ3) is 3.64. The molecule has 2 rings (SSSR count). The second-order valence-electron chi connectivity index (χ2n) is 5.13. The van der Waals surface area contributed by atoms with Crippen LogP contribution in [0.3, 0.4) is 0 Å². The summed E-state index contributed by atoms with van der Waals surface area (Å²) in [5.74, 6) is 6.01. The first-order chi connectivity index (χ1) is 9.20. The van der Waals surface area contributed by atoms with E-state index in [1.807, 2.05) is 0 Å². The van der Waals surface area contributed by atoms with Crippen LogP contribution in [0, 0.1) is 5.92 Å². The number of hydrogen-bond donors (Lipinski definition) is 3. The Hall–Kier alpha value is -1.69. The number of nitrogens with one attached hydrogen (secondary N) is 2. The van der Waals surface area contributed by atoms with Gasteiger partial charge in [0.05, 0.1) is 12.4 Å². The summed E-state index contributed by atoms with van der Waals surface area (Å²) in [6.45, 7) is 2.20. The maximum atomic E-state index is 12.1. The van der Waals surface area contributed by atoms with E-state index in [0.717, 1.165) is 6.42 Å². The Morgan fingerprint density at radius 3 is 2.74 bits per heavy atom. The topological polar surface area (TPSA) is 92.9 Å². The summed E-state index contributed by atoms with van der Waals surface area (Å²) in [6.07, 6.45) is 8.79. The van der Waals surface area contributed by atoms with E-state index in [4.69, 9.17) is 5.84 Å². The van der Waals surface area contributed by atoms with Gasteiger partial charge in [-0.25, -0.2) is 15.8 Å². The molecule has 0 aromatic carbocycles. The van der Waals surface area contributed by atoms with Gasteiger partial charge in [-0.3, -0.25) is 4.79 Å². The molecule has 0 bridgehead atoms. The fraction of sp³-hybridized carbons (Fsp3) is 0.615. The highest BCUT2D eigenvalue weighted by atomic mass is 16.1. The number of hydrogen-bond acceptors (Lipinski definition) is 5. The zero-order chi connectivity index (χ0) is 13.7. The van der Waals surface area contributed by atoms with Crippen molar-refractivity contribution in [3.05, 3.63) is 18.1 Å². The summed E-state index contributed by atoms with van der Waals surface area (Å²) in [5.41, 5.74) is 2.71. The zero-order valence-corrected chi connectivity index (χ0v) is 11.2. The van der Waals surface area contributed by atoms with Crippen LogP contribution in [0.15, 0.2) is 12.4 Å². The smallest absolute Gasteiger partial charge is 0.271 e. The van der Waals surface area contributed by atoms with E-state index >= 15 is 0 Å². The van der Waals surface area contributed by atoms with Crippen LogP contribution in [0.1, 0.15) is 49.5 Å². The molecule has 4 N–H and O–H groups in total. The van der Waals surface area contributed by atoms with Gasteiger partial charge < -0.3 is 10.7 Å². The first-order valence-corrected chi connectivity index (χ1v) is 6.80. The van der Waals surface area contributed by atoms with Gasteiger partial charge in [-0.2, -0.15) is 0 Å². The molecule has 2 unspecified atom stereocenters. The van der Waals surface area contributed by atoms with Gasteiger partial charge in [0.15, 0.2) is 5.82 Å². The third-order valence-electron chi connectivity index (χ3n) is 3.71. The Labute approximate surface area is 113 Å². The molecule has 2 atom stereocenters. The van der Waals surface area contributed by atoms with Crippen molar-refractivity contribution in [2.24, 2.45) is 11.8 Å². The van der Waals surface area contributed by atoms with Crippen LogP contribution in [0.5, 0.6) is 0 Å². The Kier molecular flexibility index (Phi) is 4.68. The highest BCUT2D eigenvalue weighted by molar-refractivity contribution is 5.92. The lowest BCUT2D eigenvalue weighted by Crippen LogP contribution is -2.39. The molecule has 19 heavy (non-hydrogen) atoms. The van der Waals surface area contributed by atoms with Gasteiger partial charge in [0.1, 0.15) is 5.69 Å². The van der Waals surface area contributed by atoms with Crippen LogP contribution in [0.2, 0.25) is 0 Å². The predicted octanol–water partition coefficient (Wildman–Crippen LogP) is 1.46. The van der Waals surface area contributed by atoms with Gasteiger partial charge in [0.2, 0.25) is 0 Å². The molecule has 0 spiro atoms. The molecule has 0 radical (unpaired) electrons. The molecular formula is C13H21N5O. The summed E-state index contributed by atoms with van der Waals surface area (Å²) in [4.78, 5) is 20.1. The standard InChI is InChI=1S/C13H21N5O/c1-9-5-3-2-4-6-10(9)17-13(19)11-7-16-12(18-14)8-15-11/h7-10H,2-6,14H2,1H3,(H,16,18)(H,17,19). The lowest BCUT2D eigenvalue weighted by atomic mass is 9.97. The quantitative estimate of drug-likeness (QED) is 0.436. The van der Waals surface area contributed by atoms with E-state index < -0.39 is 0 Å². The normalized spacial score (nSPS) is 23.5. The molecular weight excluding hydrogens is 242 g/mol. The molecule has 1 fully saturated rings. The summed E-state index contributed by atoms with van der Waals surface area (Å²) in [6, 6.07) is 0.240. The molecule has 0 aliphatic heterocycles. The number of rotatable bonds is 3. The van der Waals surface area contributed by atoms with Gasteiger partial charge in [0, 0.05) is 6.04 Å². The second-order valence-corrected chi connectivity index (χ2v) is 5.13. The van der Waals surface area contributed by atoms with Crippen LogP contribution < -0.4 is 16.6 Å². The van der Waals surface area contributed by atoms with Crippen LogP contribution in [-0.2, 0) is 0 Å². The van der Waals surface area contributed by atoms with Crippen LogP contribution >= 0.6 is 0 Å². The van der Waals surface area contributed by atoms with E-state index in [0.29, 0.717) is 17.4 Å². The van der Waals surface area contributed by atoms with Crippen LogP contribution in [0.25, 0.3) is 0 Å². The Morgan fingerprint density at radius 2 is 2.05 bits per heavy atom. The predicted molar refractivity (Wildman–Crippen MR) is 73.3 cm³/mol. The van der Waals surface area contributed by atoms with Gasteiger partial charge in [-0.1, -0.05) is 26.2 Å². The third-order valence-corrected chi connectivity index (χ3v) is 3.71. The first-order valence-electron chi connectivity index (χ1n) is 6.80. The Morgan fingerprint density at radius 1 is 1.26 bits per heavy atom. The van der Waals surface area contributed by atoms with Crippen molar-refractivity contribution < 1.29 is 4.79 Å². The number of nitrogens with zero attached hydrogens (tertiary/aromatic N) is 2. The summed E-state index contributed by atoms with van der Waals surface area (Å²) in [5, 5.41) is 3.07. The number of nitrogens with two attached hydrogens (primary N) is 1. The van der Waals surface area contributed by atoms with Crippen LogP contribution in [-0.4, -0.2) is 21.9 Å². The molecule has 1 amide bonds. The summed E-state index contributed by atoms with van der Waals surface area (Å²) in [7, 11) is 0. The van der Waals surface area contributed by atoms with E-state index in [1.165, 1.54) is 38.1 Å². The van der Waals surface area contributed by atoms with Gasteiger partial charge in [-0.15, -0.1) is 0 Å². The molecule has 1 saturated carbocycles. The maximum absolute atomic E-state index is 12.1. The molecule has 1 heterocycles. The van der Waals surface area contributed by atoms with Crippen molar-refractivity contribution in [2.75, 3.05) is 5.43 Å². The number of carbonyl (C=O) groups is 1. The van der Waals surface area contributed by atoms with E-state index in [9.17, 15) is 4.79 Å². The lowest BCUT2D eigenvalue weighted by Gasteiger charge is -2.22. The van der Waals surface area contributed by atoms with E-state index in [1.54, 1.807) is 0 Å². The van der Waals surface area contributed by atoms with Crippen molar-refractivity contribution in [2.45, 2.75) is 45.1 Å². The maximum Gasteiger partial charge on any atom is 0.271 e. The fourth-order valence-corrected chi connectivity index (χ4v) is 2.47. The number of hydrazine groups is 1. The highest BCUT2D eigenvalue weighted by Gasteiger charge is 2.22. The number of aromatic nitrogens is 2. The molecule has 1 aromatic heterocycles. The minimum atomic E-state index is -0.158. The molecule has 104 valence electrons. The van der Waals surface area contributed by atoms with Gasteiger partial charge in [0.25, 0.3) is 5.91 Å². The first kappa shape index (κ1) is 13.7. The largest absolute Gasteiger partial charge is 0.348 e. The Bertz CT molecular complexity index is 420. The lowest BCUT2D eigenvalue weighted by molar-refractivity contribution is 0.0916. The number of amides is 1. The van der Waals surface area contributed by atoms with E-state index in [2.05, 4.69) is 27.6 Å². The average molecular weight is 263 g/mol. The van der Waals surface area contributed by atoms with E-state index in [-0.39, 0.29) is 11.9 Å². The zero-order valence-electron chi connectivity index (χ0n) is 11.2. The second kappa shape index (κ2) is 6.47. The van der Waals surface area contributed by atoms with Gasteiger partial charge in [-0.05, 0) is 18.8 Å². The number of carbonyl (C=O) groups excluding carboxylic acids is 1. The molecule has 0 saturated heterocycles. The Balaban J connectivity index is 1.98. The number of nitrogen functional groups attached to an aromatic ring is 1. The number of anilines is 1. The minimum absolute atomic E-state index is 0.158. The molecule has 6 heteroatoms. The van der Waals surface area contributed by atoms with Gasteiger partial charge >= 0.3 is 0 Å². The van der Waals surface area contributed by atoms with Crippen molar-refractivity contribution in [1.29, 1.82) is 0 Å². The molecule has 6 nitrogen and oxygen atoms in total. The highest BCUT2D eigenvalue weighted by Crippen LogP contribution is 2.23. The van der Waals surface area contributed by atoms with Crippen molar-refractivity contribution >= 4 is 11.7 Å². The van der Waals surface area contributed by atoms with Crippen LogP contribution in [0.4, 0.5) is 5.82 Å². The van der Waals surface area contributed by atoms with Crippen molar-refractivity contribution in [1.82, 2.24) is 15.3 Å². The summed E-state index contributed by atoms with van der Waals surface area (Å²) >= 11 is 0. The average Bonchev–Trinajstić information content (AvgIpc) is 2.64. The monoisotopic (exact) mass is 263 g/mol. The summed E-state index contributed by atoms with van der Waals surface area (Å²) < 4.78 is 0. The molecule has 1 aromatic rings.